The number of likely N-dealkylation sites (N-methyl/N-ethyl adjacent to an activating group) is 7. The molecule has 2 aromatic carbocycles. The summed E-state index contributed by atoms with van der Waals surface area (Å²) in [5, 5.41) is 25.2. The van der Waals surface area contributed by atoms with E-state index in [0.717, 1.165) is 32.2 Å². The number of nitrogens with one attached hydrogen (secondary N) is 5. The predicted octanol–water partition coefficient (Wildman–Crippen LogP) is 3.54. The van der Waals surface area contributed by atoms with E-state index in [1.54, 1.807) is 20.8 Å². The van der Waals surface area contributed by atoms with Gasteiger partial charge in [0.1, 0.15) is 67.0 Å². The average molecular weight is 1480 g/mol. The fourth-order valence-corrected chi connectivity index (χ4v) is 13.2. The zero-order valence-corrected chi connectivity index (χ0v) is 66.7. The Bertz CT molecular complexity index is 3290. The van der Waals surface area contributed by atoms with E-state index in [0.29, 0.717) is 25.9 Å². The van der Waals surface area contributed by atoms with Crippen LogP contribution in [0.1, 0.15) is 165 Å². The van der Waals surface area contributed by atoms with Gasteiger partial charge in [-0.3, -0.25) is 62.3 Å². The van der Waals surface area contributed by atoms with Crippen LogP contribution in [-0.4, -0.2) is 275 Å². The lowest BCUT2D eigenvalue weighted by molar-refractivity contribution is -0.152. The van der Waals surface area contributed by atoms with Crippen molar-refractivity contribution in [3.05, 3.63) is 71.8 Å². The van der Waals surface area contributed by atoms with Crippen molar-refractivity contribution >= 4 is 76.8 Å². The highest BCUT2D eigenvalue weighted by Crippen LogP contribution is 2.24. The molecule has 0 aromatic heterocycles. The molecule has 2 aromatic rings. The van der Waals surface area contributed by atoms with E-state index < -0.39 is 175 Å². The first kappa shape index (κ1) is 89.9. The number of carbonyl (C=O) groups is 13. The summed E-state index contributed by atoms with van der Waals surface area (Å²) in [6.45, 7) is 21.5. The lowest BCUT2D eigenvalue weighted by Gasteiger charge is -2.38. The Morgan fingerprint density at radius 2 is 0.934 bits per heavy atom. The first-order chi connectivity index (χ1) is 49.6. The van der Waals surface area contributed by atoms with Crippen LogP contribution in [0.3, 0.4) is 0 Å². The first-order valence-corrected chi connectivity index (χ1v) is 37.5. The second kappa shape index (κ2) is 42.1. The second-order valence-electron chi connectivity index (χ2n) is 31.6. The molecule has 2 aliphatic heterocycles. The summed E-state index contributed by atoms with van der Waals surface area (Å²) < 4.78 is 5.94. The third-order valence-corrected chi connectivity index (χ3v) is 19.6. The smallest absolute Gasteiger partial charge is 0.248 e. The molecule has 0 saturated carbocycles. The molecule has 28 nitrogen and oxygen atoms in total. The van der Waals surface area contributed by atoms with Gasteiger partial charge in [-0.1, -0.05) is 116 Å². The van der Waals surface area contributed by atoms with Gasteiger partial charge in [0.05, 0.1) is 25.7 Å². The molecule has 4 rings (SSSR count). The standard InChI is InChI=1S/C78H125N13O15/c1-48(2)40-56-72(100)90(20)63(43-51(7)8)76(104)87(17)59(36-34-54-30-24-21-25-31-54)69(97)82-67(53(10)92)77(105)84(14)45-66(95)85(15)52(9)68(96)79-57(74(102)91-38-28-23-29-39-91)44-65(94)86(16)61(41-49(3)4)70(98)81-58(46-106-47-64(93)83-78(11,12)13)73(101)88(18)60(37-35-55-32-26-22-27-33-55)75(103)89(19)62(42-50(5)6)71(99)80-56/h21-22,24-27,30-33,48-53,56-63,67,92H,23,28-29,34-47H2,1-20H3,(H,79,96)(H,80,99)(H,81,98)(H,82,97)(H,83,93)/t52-,53+,56-,57-,58-,59-,60-,61-,62-,63-,67-/m0/s1. The fraction of sp³-hybridized carbons (Fsp3) is 0.679. The molecule has 0 spiro atoms. The van der Waals surface area contributed by atoms with Crippen molar-refractivity contribution < 1.29 is 72.2 Å². The minimum Gasteiger partial charge on any atom is -0.391 e. The number of carbonyl (C=O) groups excluding carboxylic acids is 13. The van der Waals surface area contributed by atoms with Gasteiger partial charge in [-0.05, 0) is 140 Å². The van der Waals surface area contributed by atoms with Crippen molar-refractivity contribution in [2.45, 2.75) is 239 Å². The quantitative estimate of drug-likeness (QED) is 0.110. The molecule has 0 aliphatic carbocycles. The van der Waals surface area contributed by atoms with E-state index in [1.165, 1.54) is 87.7 Å². The molecule has 0 unspecified atom stereocenters. The lowest BCUT2D eigenvalue weighted by Crippen LogP contribution is -2.62. The van der Waals surface area contributed by atoms with E-state index >= 15 is 28.8 Å². The minimum atomic E-state index is -1.69. The molecule has 0 radical (unpaired) electrons. The van der Waals surface area contributed by atoms with E-state index in [4.69, 9.17) is 4.74 Å². The molecule has 2 aliphatic rings. The number of aliphatic hydroxyl groups is 1. The minimum absolute atomic E-state index is 0.00595. The number of nitrogens with zero attached hydrogens (tertiary/aromatic N) is 8. The summed E-state index contributed by atoms with van der Waals surface area (Å²) >= 11 is 0. The summed E-state index contributed by atoms with van der Waals surface area (Å²) in [6.07, 6.45) is 0.605. The molecular formula is C78H125N13O15. The Hall–Kier alpha value is -8.53. The van der Waals surface area contributed by atoms with Crippen LogP contribution in [0, 0.1) is 23.7 Å². The van der Waals surface area contributed by atoms with Crippen LogP contribution in [0.4, 0.5) is 0 Å². The van der Waals surface area contributed by atoms with Gasteiger partial charge in [-0.25, -0.2) is 0 Å². The molecule has 28 heteroatoms. The van der Waals surface area contributed by atoms with E-state index in [1.807, 2.05) is 116 Å². The van der Waals surface area contributed by atoms with Crippen LogP contribution >= 0.6 is 0 Å². The molecule has 106 heavy (non-hydrogen) atoms. The van der Waals surface area contributed by atoms with Crippen molar-refractivity contribution in [3.8, 4) is 0 Å². The zero-order valence-electron chi connectivity index (χ0n) is 66.7. The summed E-state index contributed by atoms with van der Waals surface area (Å²) in [6, 6.07) is 4.30. The number of likely N-dealkylation sites (tertiary alicyclic amines) is 1. The number of ether oxygens (including phenoxy) is 1. The van der Waals surface area contributed by atoms with E-state index in [2.05, 4.69) is 26.6 Å². The van der Waals surface area contributed by atoms with Crippen molar-refractivity contribution in [1.29, 1.82) is 0 Å². The maximum Gasteiger partial charge on any atom is 0.248 e. The predicted molar refractivity (Wildman–Crippen MR) is 403 cm³/mol. The number of rotatable bonds is 20. The molecule has 11 atom stereocenters. The topological polar surface area (TPSA) is 337 Å². The highest BCUT2D eigenvalue weighted by Gasteiger charge is 2.44. The second-order valence-corrected chi connectivity index (χ2v) is 31.6. The molecule has 2 heterocycles. The lowest BCUT2D eigenvalue weighted by atomic mass is 9.96. The van der Waals surface area contributed by atoms with Crippen LogP contribution in [0.15, 0.2) is 60.7 Å². The van der Waals surface area contributed by atoms with Gasteiger partial charge in [0.15, 0.2) is 0 Å². The Morgan fingerprint density at radius 1 is 0.500 bits per heavy atom. The van der Waals surface area contributed by atoms with Crippen molar-refractivity contribution in [2.75, 3.05) is 82.2 Å². The van der Waals surface area contributed by atoms with Crippen molar-refractivity contribution in [3.63, 3.8) is 0 Å². The fourth-order valence-electron chi connectivity index (χ4n) is 13.2. The highest BCUT2D eigenvalue weighted by molar-refractivity contribution is 6.00. The number of hydrogen-bond acceptors (Lipinski definition) is 15. The van der Waals surface area contributed by atoms with Crippen LogP contribution in [0.2, 0.25) is 0 Å². The van der Waals surface area contributed by atoms with Gasteiger partial charge in [0.25, 0.3) is 0 Å². The Morgan fingerprint density at radius 3 is 1.43 bits per heavy atom. The van der Waals surface area contributed by atoms with Gasteiger partial charge in [0.2, 0.25) is 76.8 Å². The van der Waals surface area contributed by atoms with Gasteiger partial charge in [-0.15, -0.1) is 0 Å². The number of aryl methyl sites for hydroxylation is 2. The average Bonchev–Trinajstić information content (AvgIpc) is 0.817. The maximum atomic E-state index is 15.7. The molecule has 13 amide bonds. The molecule has 2 saturated heterocycles. The highest BCUT2D eigenvalue weighted by atomic mass is 16.5. The van der Waals surface area contributed by atoms with Crippen LogP contribution in [0.5, 0.6) is 0 Å². The van der Waals surface area contributed by atoms with Gasteiger partial charge >= 0.3 is 0 Å². The van der Waals surface area contributed by atoms with Gasteiger partial charge < -0.3 is 75.6 Å². The number of amides is 13. The van der Waals surface area contributed by atoms with Crippen LogP contribution in [-0.2, 0) is 79.9 Å². The molecule has 2 fully saturated rings. The van der Waals surface area contributed by atoms with Crippen LogP contribution < -0.4 is 26.6 Å². The van der Waals surface area contributed by atoms with E-state index in [9.17, 15) is 38.7 Å². The van der Waals surface area contributed by atoms with Crippen LogP contribution in [0.25, 0.3) is 0 Å². The van der Waals surface area contributed by atoms with E-state index in [-0.39, 0.29) is 75.0 Å². The monoisotopic (exact) mass is 1480 g/mol. The Balaban J connectivity index is 2.00. The van der Waals surface area contributed by atoms with Crippen molar-refractivity contribution in [1.82, 2.24) is 65.8 Å². The summed E-state index contributed by atoms with van der Waals surface area (Å²) in [7, 11) is 9.61. The third-order valence-electron chi connectivity index (χ3n) is 19.6. The Kier molecular flexibility index (Phi) is 35.7. The SMILES string of the molecule is CC(C)C[C@@H]1NC(=O)[C@H](CC(C)C)N(C)C(=O)[C@H](CCc2ccccc2)N(C)C(=O)[C@H](COCC(=O)NC(C)(C)C)NC(=O)[C@H](CC(C)C)N(C)C(=O)C[C@@H](C(=O)N2CCCCC2)NC(=O)[C@H](C)N(C)C(=O)CN(C)C(=O)[C@H]([C@@H](C)O)NC(=O)[C@H](CCc2ccccc2)N(C)C(=O)[C@H](CC(C)C)N(C)C1=O. The summed E-state index contributed by atoms with van der Waals surface area (Å²) in [5.74, 6) is -10.6. The first-order valence-electron chi connectivity index (χ1n) is 37.5. The number of benzene rings is 2. The third kappa shape index (κ3) is 27.4. The maximum absolute atomic E-state index is 15.7. The summed E-state index contributed by atoms with van der Waals surface area (Å²) in [5.41, 5.74) is 0.935. The number of piperidine rings is 1. The molecule has 6 N–H and O–H groups in total. The molecule has 0 bridgehead atoms. The van der Waals surface area contributed by atoms with Gasteiger partial charge in [-0.2, -0.15) is 0 Å². The molecular weight excluding hydrogens is 1360 g/mol. The normalized spacial score (nSPS) is 24.4. The Labute approximate surface area is 628 Å². The summed E-state index contributed by atoms with van der Waals surface area (Å²) in [4.78, 5) is 203. The van der Waals surface area contributed by atoms with Crippen molar-refractivity contribution in [2.24, 2.45) is 23.7 Å². The zero-order chi connectivity index (χ0) is 79.8. The number of hydrogen-bond donors (Lipinski definition) is 6. The largest absolute Gasteiger partial charge is 0.391 e. The van der Waals surface area contributed by atoms with Gasteiger partial charge in [0, 0.05) is 68.0 Å². The number of aliphatic hydroxyl groups excluding tert-OH is 1. The molecule has 592 valence electrons.